The number of hydrogen-bond acceptors (Lipinski definition) is 2. The van der Waals surface area contributed by atoms with E-state index in [9.17, 15) is 0 Å². The Morgan fingerprint density at radius 2 is 1.73 bits per heavy atom. The Morgan fingerprint density at radius 1 is 1.03 bits per heavy atom. The molecule has 3 aromatic carbocycles. The van der Waals surface area contributed by atoms with Crippen molar-refractivity contribution in [2.75, 3.05) is 6.61 Å². The summed E-state index contributed by atoms with van der Waals surface area (Å²) in [4.78, 5) is 12.1. The number of fused-ring (bicyclic) bond motifs is 1. The molecular formula is C24H24ClN2O2P. The quantitative estimate of drug-likeness (QED) is 0.328. The van der Waals surface area contributed by atoms with Crippen LogP contribution in [0, 0.1) is 6.92 Å². The van der Waals surface area contributed by atoms with Gasteiger partial charge in [-0.1, -0.05) is 60.1 Å². The highest BCUT2D eigenvalue weighted by molar-refractivity contribution is 7.69. The molecule has 154 valence electrons. The van der Waals surface area contributed by atoms with Crippen molar-refractivity contribution < 1.29 is 9.32 Å². The number of halogens is 1. The molecule has 0 radical (unpaired) electrons. The fourth-order valence-electron chi connectivity index (χ4n) is 3.39. The van der Waals surface area contributed by atoms with Crippen LogP contribution in [0.2, 0.25) is 5.02 Å². The summed E-state index contributed by atoms with van der Waals surface area (Å²) in [5.41, 5.74) is 8.82. The molecule has 0 aliphatic carbocycles. The Balaban J connectivity index is 0.000000806. The first kappa shape index (κ1) is 22.0. The normalized spacial score (nSPS) is 11.6. The van der Waals surface area contributed by atoms with Crippen LogP contribution in [0.4, 0.5) is 0 Å². The van der Waals surface area contributed by atoms with E-state index >= 15 is 0 Å². The molecule has 0 saturated heterocycles. The predicted octanol–water partition coefficient (Wildman–Crippen LogP) is 5.28. The molecule has 4 rings (SSSR count). The monoisotopic (exact) mass is 438 g/mol. The Hall–Kier alpha value is -2.65. The van der Waals surface area contributed by atoms with Gasteiger partial charge in [-0.3, -0.25) is 4.79 Å². The van der Waals surface area contributed by atoms with Gasteiger partial charge in [0.2, 0.25) is 6.41 Å². The van der Waals surface area contributed by atoms with Gasteiger partial charge in [0.1, 0.15) is 0 Å². The second kappa shape index (κ2) is 10.4. The van der Waals surface area contributed by atoms with Gasteiger partial charge in [-0.25, -0.2) is 0 Å². The Labute approximate surface area is 182 Å². The zero-order valence-electron chi connectivity index (χ0n) is 16.9. The third kappa shape index (κ3) is 4.91. The van der Waals surface area contributed by atoms with Gasteiger partial charge in [0.15, 0.2) is 0 Å². The SMILES string of the molecule is CCOP(c1cccc(-c2ccccc2)c1)c1c(C)[nH]c2ccc(Cl)cc12.NC=O. The van der Waals surface area contributed by atoms with Crippen LogP contribution < -0.4 is 16.3 Å². The van der Waals surface area contributed by atoms with Crippen molar-refractivity contribution in [1.82, 2.24) is 4.98 Å². The number of H-pyrrole nitrogens is 1. The Morgan fingerprint density at radius 3 is 2.43 bits per heavy atom. The van der Waals surface area contributed by atoms with E-state index in [2.05, 4.69) is 66.2 Å². The van der Waals surface area contributed by atoms with E-state index in [4.69, 9.17) is 20.9 Å². The summed E-state index contributed by atoms with van der Waals surface area (Å²) >= 11 is 6.29. The third-order valence-corrected chi connectivity index (χ3v) is 7.04. The Bertz CT molecular complexity index is 1130. The van der Waals surface area contributed by atoms with Crippen molar-refractivity contribution in [2.45, 2.75) is 13.8 Å². The van der Waals surface area contributed by atoms with Gasteiger partial charge < -0.3 is 15.2 Å². The highest BCUT2D eigenvalue weighted by Gasteiger charge is 2.22. The van der Waals surface area contributed by atoms with Crippen LogP contribution >= 0.6 is 19.7 Å². The minimum absolute atomic E-state index is 0.250. The summed E-state index contributed by atoms with van der Waals surface area (Å²) in [6, 6.07) is 25.1. The number of carbonyl (C=O) groups is 1. The van der Waals surface area contributed by atoms with E-state index in [0.717, 1.165) is 21.6 Å². The molecule has 0 fully saturated rings. The molecule has 1 heterocycles. The lowest BCUT2D eigenvalue weighted by molar-refractivity contribution is -0.106. The number of aryl methyl sites for hydroxylation is 1. The van der Waals surface area contributed by atoms with E-state index in [0.29, 0.717) is 6.61 Å². The van der Waals surface area contributed by atoms with Gasteiger partial charge in [-0.05, 0) is 49.2 Å². The number of carbonyl (C=O) groups excluding carboxylic acids is 1. The average molecular weight is 439 g/mol. The molecular weight excluding hydrogens is 415 g/mol. The van der Waals surface area contributed by atoms with E-state index in [1.165, 1.54) is 21.7 Å². The maximum Gasteiger partial charge on any atom is 0.204 e. The topological polar surface area (TPSA) is 68.1 Å². The lowest BCUT2D eigenvalue weighted by Gasteiger charge is -2.19. The largest absolute Gasteiger partial charge is 0.372 e. The number of nitrogens with one attached hydrogen (secondary N) is 1. The molecule has 0 aliphatic heterocycles. The molecule has 1 amide bonds. The molecule has 0 spiro atoms. The number of aromatic amines is 1. The highest BCUT2D eigenvalue weighted by Crippen LogP contribution is 2.40. The summed E-state index contributed by atoms with van der Waals surface area (Å²) in [7, 11) is -0.943. The first-order chi connectivity index (χ1) is 14.6. The molecule has 4 aromatic rings. The lowest BCUT2D eigenvalue weighted by Crippen LogP contribution is -2.15. The molecule has 4 nitrogen and oxygen atoms in total. The molecule has 1 atom stereocenters. The highest BCUT2D eigenvalue weighted by atomic mass is 35.5. The number of benzene rings is 3. The van der Waals surface area contributed by atoms with Crippen LogP contribution in [0.3, 0.4) is 0 Å². The average Bonchev–Trinajstić information content (AvgIpc) is 3.08. The number of hydrogen-bond donors (Lipinski definition) is 2. The number of aromatic nitrogens is 1. The fourth-order valence-corrected chi connectivity index (χ4v) is 5.59. The van der Waals surface area contributed by atoms with E-state index in [1.54, 1.807) is 0 Å². The van der Waals surface area contributed by atoms with Crippen molar-refractivity contribution in [3.8, 4) is 11.1 Å². The maximum absolute atomic E-state index is 8.58. The zero-order chi connectivity index (χ0) is 21.5. The minimum Gasteiger partial charge on any atom is -0.372 e. The molecule has 0 saturated carbocycles. The van der Waals surface area contributed by atoms with E-state index in [1.807, 2.05) is 31.2 Å². The number of nitrogens with two attached hydrogens (primary N) is 1. The van der Waals surface area contributed by atoms with Crippen LogP contribution in [0.5, 0.6) is 0 Å². The molecule has 1 unspecified atom stereocenters. The van der Waals surface area contributed by atoms with Gasteiger partial charge in [-0.15, -0.1) is 0 Å². The summed E-state index contributed by atoms with van der Waals surface area (Å²) in [5, 5.41) is 4.31. The zero-order valence-corrected chi connectivity index (χ0v) is 18.6. The number of amides is 1. The number of primary amides is 1. The van der Waals surface area contributed by atoms with Crippen LogP contribution in [0.1, 0.15) is 12.6 Å². The lowest BCUT2D eigenvalue weighted by atomic mass is 10.1. The minimum atomic E-state index is -0.943. The van der Waals surface area contributed by atoms with Gasteiger partial charge >= 0.3 is 0 Å². The van der Waals surface area contributed by atoms with Gasteiger partial charge in [-0.2, -0.15) is 0 Å². The molecule has 3 N–H and O–H groups in total. The van der Waals surface area contributed by atoms with Crippen molar-refractivity contribution in [3.63, 3.8) is 0 Å². The first-order valence-electron chi connectivity index (χ1n) is 9.60. The smallest absolute Gasteiger partial charge is 0.204 e. The first-order valence-corrected chi connectivity index (χ1v) is 11.2. The predicted molar refractivity (Wildman–Crippen MR) is 128 cm³/mol. The Kier molecular flexibility index (Phi) is 7.64. The third-order valence-electron chi connectivity index (χ3n) is 4.56. The second-order valence-corrected chi connectivity index (χ2v) is 8.80. The summed E-state index contributed by atoms with van der Waals surface area (Å²) in [6.07, 6.45) is 0.250. The van der Waals surface area contributed by atoms with Gasteiger partial charge in [0, 0.05) is 38.8 Å². The van der Waals surface area contributed by atoms with Crippen molar-refractivity contribution >= 4 is 47.7 Å². The van der Waals surface area contributed by atoms with Crippen molar-refractivity contribution in [1.29, 1.82) is 0 Å². The standard InChI is InChI=1S/C23H21ClNOP.CH3NO/c1-3-26-27(23-16(2)25-22-13-12-19(24)15-21(22)23)20-11-7-10-18(14-20)17-8-5-4-6-9-17;2-1-3/h4-15,25H,3H2,1-2H3;1H,(H2,2,3). The van der Waals surface area contributed by atoms with Crippen LogP contribution in [0.25, 0.3) is 22.0 Å². The molecule has 0 bridgehead atoms. The van der Waals surface area contributed by atoms with Gasteiger partial charge in [0.05, 0.1) is 8.15 Å². The van der Waals surface area contributed by atoms with Crippen LogP contribution in [-0.4, -0.2) is 18.0 Å². The van der Waals surface area contributed by atoms with Crippen LogP contribution in [0.15, 0.2) is 72.8 Å². The fraction of sp³-hybridized carbons (Fsp3) is 0.125. The molecule has 6 heteroatoms. The van der Waals surface area contributed by atoms with Crippen molar-refractivity contribution in [2.24, 2.45) is 5.73 Å². The molecule has 30 heavy (non-hydrogen) atoms. The summed E-state index contributed by atoms with van der Waals surface area (Å²) < 4.78 is 6.29. The second-order valence-electron chi connectivity index (χ2n) is 6.55. The van der Waals surface area contributed by atoms with Crippen LogP contribution in [-0.2, 0) is 9.32 Å². The van der Waals surface area contributed by atoms with E-state index < -0.39 is 8.15 Å². The van der Waals surface area contributed by atoms with E-state index in [-0.39, 0.29) is 6.41 Å². The summed E-state index contributed by atoms with van der Waals surface area (Å²) in [5.74, 6) is 0. The van der Waals surface area contributed by atoms with Crippen molar-refractivity contribution in [3.05, 3.63) is 83.5 Å². The maximum atomic E-state index is 8.58. The molecule has 1 aromatic heterocycles. The van der Waals surface area contributed by atoms with Gasteiger partial charge in [0.25, 0.3) is 0 Å². The number of rotatable bonds is 5. The molecule has 0 aliphatic rings. The summed E-state index contributed by atoms with van der Waals surface area (Å²) in [6.45, 7) is 4.82.